The van der Waals surface area contributed by atoms with Gasteiger partial charge in [0.25, 0.3) is 0 Å². The maximum atomic E-state index is 12.7. The Morgan fingerprint density at radius 1 is 1.00 bits per heavy atom. The highest BCUT2D eigenvalue weighted by Crippen LogP contribution is 2.28. The molecule has 176 valence electrons. The van der Waals surface area contributed by atoms with Crippen LogP contribution in [0.15, 0.2) is 72.8 Å². The van der Waals surface area contributed by atoms with Crippen LogP contribution in [-0.4, -0.2) is 29.5 Å². The van der Waals surface area contributed by atoms with Crippen LogP contribution in [0.5, 0.6) is 5.75 Å². The van der Waals surface area contributed by atoms with E-state index in [4.69, 9.17) is 14.7 Å². The van der Waals surface area contributed by atoms with Gasteiger partial charge in [-0.2, -0.15) is 10.4 Å². The van der Waals surface area contributed by atoms with Crippen LogP contribution in [0.4, 0.5) is 11.4 Å². The average Bonchev–Trinajstić information content (AvgIpc) is 3.20. The zero-order chi connectivity index (χ0) is 24.8. The molecule has 1 N–H and O–H groups in total. The van der Waals surface area contributed by atoms with Gasteiger partial charge in [0.1, 0.15) is 5.75 Å². The number of benzene rings is 3. The standard InChI is InChI=1S/C28H26N4O3/c1-4-35-28(33)27-26(19(2)32(31-27)18-21-7-15-25(34-3)16-8-21)30-24-13-11-23(12-14-24)22-9-5-20(17-29)6-10-22/h5-16,30H,4,18H2,1-3H3. The molecule has 0 fully saturated rings. The third-order valence-electron chi connectivity index (χ3n) is 5.67. The predicted molar refractivity (Wildman–Crippen MR) is 135 cm³/mol. The van der Waals surface area contributed by atoms with Crippen LogP contribution >= 0.6 is 0 Å². The van der Waals surface area contributed by atoms with Crippen molar-refractivity contribution in [3.8, 4) is 22.9 Å². The first kappa shape index (κ1) is 23.6. The quantitative estimate of drug-likeness (QED) is 0.335. The third-order valence-corrected chi connectivity index (χ3v) is 5.67. The zero-order valence-corrected chi connectivity index (χ0v) is 19.9. The van der Waals surface area contributed by atoms with Crippen LogP contribution in [0.3, 0.4) is 0 Å². The van der Waals surface area contributed by atoms with Crippen molar-refractivity contribution in [2.75, 3.05) is 19.0 Å². The van der Waals surface area contributed by atoms with Gasteiger partial charge < -0.3 is 14.8 Å². The van der Waals surface area contributed by atoms with E-state index >= 15 is 0 Å². The summed E-state index contributed by atoms with van der Waals surface area (Å²) < 4.78 is 12.3. The van der Waals surface area contributed by atoms with E-state index in [1.54, 1.807) is 30.8 Å². The minimum Gasteiger partial charge on any atom is -0.497 e. The van der Waals surface area contributed by atoms with Gasteiger partial charge in [0.15, 0.2) is 5.69 Å². The predicted octanol–water partition coefficient (Wildman–Crippen LogP) is 5.71. The molecule has 7 heteroatoms. The number of rotatable bonds is 8. The van der Waals surface area contributed by atoms with Gasteiger partial charge in [-0.15, -0.1) is 0 Å². The first-order chi connectivity index (χ1) is 17.0. The van der Waals surface area contributed by atoms with Crippen molar-refractivity contribution in [2.24, 2.45) is 0 Å². The van der Waals surface area contributed by atoms with Crippen molar-refractivity contribution in [1.29, 1.82) is 5.26 Å². The number of esters is 1. The molecule has 0 atom stereocenters. The highest BCUT2D eigenvalue weighted by molar-refractivity contribution is 5.95. The smallest absolute Gasteiger partial charge is 0.361 e. The van der Waals surface area contributed by atoms with Crippen molar-refractivity contribution in [1.82, 2.24) is 9.78 Å². The highest BCUT2D eigenvalue weighted by atomic mass is 16.5. The van der Waals surface area contributed by atoms with Gasteiger partial charge in [0.05, 0.1) is 43.3 Å². The second kappa shape index (κ2) is 10.6. The minimum absolute atomic E-state index is 0.244. The topological polar surface area (TPSA) is 89.2 Å². The maximum Gasteiger partial charge on any atom is 0.361 e. The molecule has 0 aliphatic heterocycles. The molecular formula is C28H26N4O3. The molecule has 1 heterocycles. The first-order valence-electron chi connectivity index (χ1n) is 11.3. The minimum atomic E-state index is -0.471. The molecular weight excluding hydrogens is 440 g/mol. The molecule has 0 aliphatic rings. The first-order valence-corrected chi connectivity index (χ1v) is 11.3. The van der Waals surface area contributed by atoms with Gasteiger partial charge in [-0.3, -0.25) is 4.68 Å². The molecule has 0 saturated heterocycles. The zero-order valence-electron chi connectivity index (χ0n) is 19.9. The van der Waals surface area contributed by atoms with Gasteiger partial charge in [0, 0.05) is 5.69 Å². The molecule has 4 rings (SSSR count). The van der Waals surface area contributed by atoms with Gasteiger partial charge in [-0.25, -0.2) is 4.79 Å². The van der Waals surface area contributed by atoms with E-state index in [1.165, 1.54) is 0 Å². The maximum absolute atomic E-state index is 12.7. The normalized spacial score (nSPS) is 10.5. The van der Waals surface area contributed by atoms with E-state index in [-0.39, 0.29) is 12.3 Å². The highest BCUT2D eigenvalue weighted by Gasteiger charge is 2.22. The lowest BCUT2D eigenvalue weighted by Gasteiger charge is -2.10. The van der Waals surface area contributed by atoms with Crippen molar-refractivity contribution in [3.63, 3.8) is 0 Å². The summed E-state index contributed by atoms with van der Waals surface area (Å²) in [5, 5.41) is 16.9. The fourth-order valence-electron chi connectivity index (χ4n) is 3.72. The number of nitriles is 1. The Labute approximate surface area is 204 Å². The van der Waals surface area contributed by atoms with E-state index < -0.39 is 5.97 Å². The molecule has 35 heavy (non-hydrogen) atoms. The van der Waals surface area contributed by atoms with E-state index in [2.05, 4.69) is 16.5 Å². The molecule has 1 aromatic heterocycles. The molecule has 0 unspecified atom stereocenters. The Bertz CT molecular complexity index is 1350. The number of carbonyl (C=O) groups excluding carboxylic acids is 1. The van der Waals surface area contributed by atoms with E-state index in [9.17, 15) is 4.79 Å². The third kappa shape index (κ3) is 5.33. The summed E-state index contributed by atoms with van der Waals surface area (Å²) in [7, 11) is 1.63. The molecule has 4 aromatic rings. The number of nitrogens with zero attached hydrogens (tertiary/aromatic N) is 3. The van der Waals surface area contributed by atoms with Gasteiger partial charge in [-0.05, 0) is 66.9 Å². The molecule has 0 bridgehead atoms. The molecule has 0 spiro atoms. The van der Waals surface area contributed by atoms with Crippen molar-refractivity contribution in [2.45, 2.75) is 20.4 Å². The van der Waals surface area contributed by atoms with Crippen molar-refractivity contribution < 1.29 is 14.3 Å². The number of hydrogen-bond donors (Lipinski definition) is 1. The summed E-state index contributed by atoms with van der Waals surface area (Å²) >= 11 is 0. The number of hydrogen-bond acceptors (Lipinski definition) is 6. The summed E-state index contributed by atoms with van der Waals surface area (Å²) in [4.78, 5) is 12.7. The van der Waals surface area contributed by atoms with Crippen LogP contribution in [0, 0.1) is 18.3 Å². The Morgan fingerprint density at radius 2 is 1.63 bits per heavy atom. The molecule has 0 saturated carbocycles. The van der Waals surface area contributed by atoms with Crippen LogP contribution in [0.1, 0.15) is 34.2 Å². The van der Waals surface area contributed by atoms with Gasteiger partial charge >= 0.3 is 5.97 Å². The summed E-state index contributed by atoms with van der Waals surface area (Å²) in [6, 6.07) is 25.2. The summed E-state index contributed by atoms with van der Waals surface area (Å²) in [5.74, 6) is 0.311. The lowest BCUT2D eigenvalue weighted by Crippen LogP contribution is -2.09. The fraction of sp³-hybridized carbons (Fsp3) is 0.179. The Morgan fingerprint density at radius 3 is 2.20 bits per heavy atom. The molecule has 3 aromatic carbocycles. The van der Waals surface area contributed by atoms with Gasteiger partial charge in [0.2, 0.25) is 0 Å². The van der Waals surface area contributed by atoms with E-state index in [0.717, 1.165) is 33.8 Å². The second-order valence-corrected chi connectivity index (χ2v) is 7.93. The van der Waals surface area contributed by atoms with Crippen molar-refractivity contribution >= 4 is 17.3 Å². The molecule has 0 radical (unpaired) electrons. The van der Waals surface area contributed by atoms with Crippen LogP contribution in [0.25, 0.3) is 11.1 Å². The summed E-state index contributed by atoms with van der Waals surface area (Å²) in [6.45, 7) is 4.46. The van der Waals surface area contributed by atoms with Gasteiger partial charge in [-0.1, -0.05) is 36.4 Å². The second-order valence-electron chi connectivity index (χ2n) is 7.93. The monoisotopic (exact) mass is 466 g/mol. The summed E-state index contributed by atoms with van der Waals surface area (Å²) in [6.07, 6.45) is 0. The molecule has 7 nitrogen and oxygen atoms in total. The fourth-order valence-corrected chi connectivity index (χ4v) is 3.72. The Hall–Kier alpha value is -4.57. The number of methoxy groups -OCH3 is 1. The number of anilines is 2. The van der Waals surface area contributed by atoms with E-state index in [0.29, 0.717) is 17.8 Å². The lowest BCUT2D eigenvalue weighted by molar-refractivity contribution is 0.0519. The summed E-state index contributed by atoms with van der Waals surface area (Å²) in [5.41, 5.74) is 6.20. The number of carbonyl (C=O) groups is 1. The van der Waals surface area contributed by atoms with Crippen molar-refractivity contribution in [3.05, 3.63) is 95.3 Å². The van der Waals surface area contributed by atoms with Crippen LogP contribution in [0.2, 0.25) is 0 Å². The van der Waals surface area contributed by atoms with Crippen LogP contribution < -0.4 is 10.1 Å². The number of nitrogens with one attached hydrogen (secondary N) is 1. The SMILES string of the molecule is CCOC(=O)c1nn(Cc2ccc(OC)cc2)c(C)c1Nc1ccc(-c2ccc(C#N)cc2)cc1. The largest absolute Gasteiger partial charge is 0.497 e. The molecule has 0 aliphatic carbocycles. The Balaban J connectivity index is 1.60. The Kier molecular flexibility index (Phi) is 7.12. The lowest BCUT2D eigenvalue weighted by atomic mass is 10.0. The number of ether oxygens (including phenoxy) is 2. The van der Waals surface area contributed by atoms with Crippen LogP contribution in [-0.2, 0) is 11.3 Å². The number of aromatic nitrogens is 2. The van der Waals surface area contributed by atoms with E-state index in [1.807, 2.05) is 67.6 Å². The molecule has 0 amide bonds. The average molecular weight is 467 g/mol.